The molecule has 29 heavy (non-hydrogen) atoms. The number of halogens is 1. The molecule has 1 fully saturated rings. The number of carbonyl (C=O) groups excluding carboxylic acids is 1. The lowest BCUT2D eigenvalue weighted by atomic mass is 9.97. The number of nitrogens with zero attached hydrogens (tertiary/aromatic N) is 4. The topological polar surface area (TPSA) is 69.5 Å². The van der Waals surface area contributed by atoms with Crippen LogP contribution in [0.4, 0.5) is 16.3 Å². The fourth-order valence-electron chi connectivity index (χ4n) is 4.09. The van der Waals surface area contributed by atoms with Gasteiger partial charge in [-0.25, -0.2) is 9.78 Å². The van der Waals surface area contributed by atoms with Crippen molar-refractivity contribution in [3.05, 3.63) is 64.2 Å². The number of nitriles is 1. The zero-order valence-corrected chi connectivity index (χ0v) is 16.3. The Morgan fingerprint density at radius 1 is 1.17 bits per heavy atom. The molecule has 6 nitrogen and oxygen atoms in total. The van der Waals surface area contributed by atoms with Crippen LogP contribution in [0.15, 0.2) is 42.5 Å². The Kier molecular flexibility index (Phi) is 4.26. The van der Waals surface area contributed by atoms with Crippen molar-refractivity contribution >= 4 is 40.1 Å². The predicted molar refractivity (Wildman–Crippen MR) is 111 cm³/mol. The van der Waals surface area contributed by atoms with Gasteiger partial charge in [0.05, 0.1) is 29.4 Å². The molecule has 1 saturated heterocycles. The lowest BCUT2D eigenvalue weighted by molar-refractivity contribution is 0.181. The molecular formula is C22H17ClN4O2. The van der Waals surface area contributed by atoms with Gasteiger partial charge >= 0.3 is 6.09 Å². The first-order chi connectivity index (χ1) is 14.1. The van der Waals surface area contributed by atoms with Gasteiger partial charge in [-0.05, 0) is 47.9 Å². The summed E-state index contributed by atoms with van der Waals surface area (Å²) in [6.45, 7) is 2.43. The van der Waals surface area contributed by atoms with Crippen molar-refractivity contribution in [3.8, 4) is 6.07 Å². The van der Waals surface area contributed by atoms with E-state index in [1.54, 1.807) is 17.0 Å². The second-order valence-corrected chi connectivity index (χ2v) is 7.59. The molecule has 144 valence electrons. The fraction of sp³-hybridized carbons (Fsp3) is 0.227. The number of cyclic esters (lactones) is 1. The predicted octanol–water partition coefficient (Wildman–Crippen LogP) is 4.28. The maximum atomic E-state index is 12.0. The van der Waals surface area contributed by atoms with Gasteiger partial charge in [0.2, 0.25) is 0 Å². The Balaban J connectivity index is 1.51. The molecule has 0 spiro atoms. The van der Waals surface area contributed by atoms with Crippen molar-refractivity contribution in [3.63, 3.8) is 0 Å². The molecule has 1 amide bonds. The number of hydrogen-bond donors (Lipinski definition) is 0. The molecule has 2 aromatic carbocycles. The number of benzene rings is 2. The summed E-state index contributed by atoms with van der Waals surface area (Å²) in [6, 6.07) is 15.5. The smallest absolute Gasteiger partial charge is 0.414 e. The lowest BCUT2D eigenvalue weighted by Gasteiger charge is -2.32. The highest BCUT2D eigenvalue weighted by Crippen LogP contribution is 2.33. The van der Waals surface area contributed by atoms with Crippen LogP contribution in [0, 0.1) is 11.3 Å². The van der Waals surface area contributed by atoms with E-state index in [1.807, 2.05) is 24.3 Å². The van der Waals surface area contributed by atoms with Gasteiger partial charge in [-0.1, -0.05) is 23.7 Å². The molecule has 1 aromatic heterocycles. The van der Waals surface area contributed by atoms with Gasteiger partial charge in [-0.2, -0.15) is 5.26 Å². The molecule has 5 rings (SSSR count). The van der Waals surface area contributed by atoms with E-state index in [-0.39, 0.29) is 6.09 Å². The number of ether oxygens (including phenoxy) is 1. The van der Waals surface area contributed by atoms with Gasteiger partial charge in [0.15, 0.2) is 0 Å². The molecule has 0 N–H and O–H groups in total. The highest BCUT2D eigenvalue weighted by Gasteiger charge is 2.28. The van der Waals surface area contributed by atoms with Crippen LogP contribution < -0.4 is 9.80 Å². The van der Waals surface area contributed by atoms with Crippen LogP contribution in [0.25, 0.3) is 10.9 Å². The molecular weight excluding hydrogens is 388 g/mol. The zero-order valence-electron chi connectivity index (χ0n) is 15.6. The molecule has 3 aromatic rings. The molecule has 3 heterocycles. The summed E-state index contributed by atoms with van der Waals surface area (Å²) in [5.74, 6) is 0.771. The van der Waals surface area contributed by atoms with Gasteiger partial charge in [-0.3, -0.25) is 4.90 Å². The molecule has 0 unspecified atom stereocenters. The first-order valence-corrected chi connectivity index (χ1v) is 9.82. The van der Waals surface area contributed by atoms with Crippen LogP contribution >= 0.6 is 11.6 Å². The molecule has 0 radical (unpaired) electrons. The highest BCUT2D eigenvalue weighted by atomic mass is 35.5. The number of amides is 1. The maximum Gasteiger partial charge on any atom is 0.414 e. The number of anilines is 2. The van der Waals surface area contributed by atoms with Crippen molar-refractivity contribution in [1.29, 1.82) is 5.26 Å². The molecule has 2 aliphatic rings. The van der Waals surface area contributed by atoms with E-state index in [0.717, 1.165) is 40.9 Å². The molecule has 0 bridgehead atoms. The van der Waals surface area contributed by atoms with Crippen LogP contribution in [0.5, 0.6) is 0 Å². The summed E-state index contributed by atoms with van der Waals surface area (Å²) in [4.78, 5) is 20.7. The summed E-state index contributed by atoms with van der Waals surface area (Å²) < 4.78 is 5.10. The normalized spacial score (nSPS) is 15.9. The number of carbonyl (C=O) groups is 1. The first-order valence-electron chi connectivity index (χ1n) is 9.44. The van der Waals surface area contributed by atoms with E-state index < -0.39 is 0 Å². The molecule has 2 aliphatic heterocycles. The first kappa shape index (κ1) is 17.8. The third-order valence-electron chi connectivity index (χ3n) is 5.49. The Labute approximate surface area is 172 Å². The summed E-state index contributed by atoms with van der Waals surface area (Å²) in [6.07, 6.45) is 0.506. The van der Waals surface area contributed by atoms with Crippen LogP contribution in [0.1, 0.15) is 16.7 Å². The third kappa shape index (κ3) is 3.04. The molecule has 0 saturated carbocycles. The summed E-state index contributed by atoms with van der Waals surface area (Å²) in [7, 11) is 0. The highest BCUT2D eigenvalue weighted by molar-refractivity contribution is 6.31. The average Bonchev–Trinajstić information content (AvgIpc) is 3.17. The van der Waals surface area contributed by atoms with Crippen molar-refractivity contribution in [1.82, 2.24) is 4.98 Å². The van der Waals surface area contributed by atoms with Crippen molar-refractivity contribution in [2.45, 2.75) is 13.0 Å². The summed E-state index contributed by atoms with van der Waals surface area (Å²) in [5.41, 5.74) is 4.58. The van der Waals surface area contributed by atoms with Gasteiger partial charge in [0.1, 0.15) is 12.4 Å². The Morgan fingerprint density at radius 2 is 2.07 bits per heavy atom. The Bertz CT molecular complexity index is 1190. The fourth-order valence-corrected chi connectivity index (χ4v) is 4.26. The van der Waals surface area contributed by atoms with E-state index in [4.69, 9.17) is 21.3 Å². The largest absolute Gasteiger partial charge is 0.447 e. The van der Waals surface area contributed by atoms with Crippen LogP contribution in [0.3, 0.4) is 0 Å². The van der Waals surface area contributed by atoms with E-state index in [0.29, 0.717) is 30.3 Å². The maximum absolute atomic E-state index is 12.0. The van der Waals surface area contributed by atoms with Gasteiger partial charge in [-0.15, -0.1) is 0 Å². The standard InChI is InChI=1S/C22H17ClN4O2/c23-16-4-5-19-18(11-16)15(12-24)10-21(25-19)26-7-6-17-14(13-26)2-1-3-20(17)27-8-9-29-22(27)28/h1-5,10-11H,6-9,13H2. The minimum absolute atomic E-state index is 0.283. The second-order valence-electron chi connectivity index (χ2n) is 7.15. The minimum Gasteiger partial charge on any atom is -0.447 e. The number of fused-ring (bicyclic) bond motifs is 2. The Hall–Kier alpha value is -3.30. The monoisotopic (exact) mass is 404 g/mol. The molecule has 7 heteroatoms. The van der Waals surface area contributed by atoms with E-state index >= 15 is 0 Å². The van der Waals surface area contributed by atoms with Crippen LogP contribution in [-0.4, -0.2) is 30.8 Å². The quantitative estimate of drug-likeness (QED) is 0.637. The van der Waals surface area contributed by atoms with Crippen LogP contribution in [-0.2, 0) is 17.7 Å². The number of aromatic nitrogens is 1. The van der Waals surface area contributed by atoms with Crippen LogP contribution in [0.2, 0.25) is 5.02 Å². The molecule has 0 atom stereocenters. The van der Waals surface area contributed by atoms with E-state index in [1.165, 1.54) is 5.56 Å². The second kappa shape index (κ2) is 6.94. The van der Waals surface area contributed by atoms with Crippen molar-refractivity contribution < 1.29 is 9.53 Å². The number of hydrogen-bond acceptors (Lipinski definition) is 5. The van der Waals surface area contributed by atoms with E-state index in [2.05, 4.69) is 17.0 Å². The number of rotatable bonds is 2. The number of pyridine rings is 1. The molecule has 0 aliphatic carbocycles. The Morgan fingerprint density at radius 3 is 2.86 bits per heavy atom. The zero-order chi connectivity index (χ0) is 20.0. The third-order valence-corrected chi connectivity index (χ3v) is 5.73. The van der Waals surface area contributed by atoms with Gasteiger partial charge in [0.25, 0.3) is 0 Å². The summed E-state index contributed by atoms with van der Waals surface area (Å²) >= 11 is 6.09. The van der Waals surface area contributed by atoms with Gasteiger partial charge in [0, 0.05) is 23.5 Å². The average molecular weight is 405 g/mol. The summed E-state index contributed by atoms with van der Waals surface area (Å²) in [5, 5.41) is 10.9. The van der Waals surface area contributed by atoms with Crippen molar-refractivity contribution in [2.24, 2.45) is 0 Å². The van der Waals surface area contributed by atoms with Crippen molar-refractivity contribution in [2.75, 3.05) is 29.5 Å². The van der Waals surface area contributed by atoms with Gasteiger partial charge < -0.3 is 9.64 Å². The lowest BCUT2D eigenvalue weighted by Crippen LogP contribution is -2.33. The van der Waals surface area contributed by atoms with E-state index in [9.17, 15) is 10.1 Å². The minimum atomic E-state index is -0.283. The SMILES string of the molecule is N#Cc1cc(N2CCc3c(cccc3N3CCOC3=O)C2)nc2ccc(Cl)cc12.